The summed E-state index contributed by atoms with van der Waals surface area (Å²) in [7, 11) is 0. The lowest BCUT2D eigenvalue weighted by molar-refractivity contribution is -0.121. The summed E-state index contributed by atoms with van der Waals surface area (Å²) in [6.45, 7) is 5.38. The highest BCUT2D eigenvalue weighted by Crippen LogP contribution is 2.54. The predicted octanol–water partition coefficient (Wildman–Crippen LogP) is 3.03. The van der Waals surface area contributed by atoms with Gasteiger partial charge in [0.15, 0.2) is 0 Å². The number of amides is 1. The number of carbonyl (C=O) groups excluding carboxylic acids is 1. The molecule has 4 aliphatic rings. The van der Waals surface area contributed by atoms with Crippen molar-refractivity contribution >= 4 is 5.91 Å². The average Bonchev–Trinajstić information content (AvgIpc) is 3.12. The van der Waals surface area contributed by atoms with Gasteiger partial charge in [-0.25, -0.2) is 4.39 Å². The number of nitrogens with one attached hydrogen (secondary N) is 1. The normalized spacial score (nSPS) is 34.8. The Kier molecular flexibility index (Phi) is 4.28. The van der Waals surface area contributed by atoms with Crippen molar-refractivity contribution in [2.75, 3.05) is 19.6 Å². The van der Waals surface area contributed by atoms with E-state index >= 15 is 0 Å². The van der Waals surface area contributed by atoms with Gasteiger partial charge >= 0.3 is 0 Å². The first-order chi connectivity index (χ1) is 13.0. The van der Waals surface area contributed by atoms with Crippen molar-refractivity contribution in [1.29, 1.82) is 0 Å². The van der Waals surface area contributed by atoms with E-state index in [9.17, 15) is 9.18 Å². The highest BCUT2D eigenvalue weighted by atomic mass is 19.1. The number of hydrogen-bond donors (Lipinski definition) is 1. The van der Waals surface area contributed by atoms with Gasteiger partial charge in [0.25, 0.3) is 0 Å². The van der Waals surface area contributed by atoms with Gasteiger partial charge in [-0.15, -0.1) is 0 Å². The Bertz CT molecular complexity index is 750. The number of hydrogen-bond acceptors (Lipinski definition) is 3. The lowest BCUT2D eigenvalue weighted by Gasteiger charge is -2.29. The van der Waals surface area contributed by atoms with Crippen molar-refractivity contribution in [3.05, 3.63) is 35.1 Å². The average molecular weight is 372 g/mol. The second-order valence-electron chi connectivity index (χ2n) is 9.23. The molecule has 1 N–H and O–H groups in total. The highest BCUT2D eigenvalue weighted by Gasteiger charge is 2.62. The number of benzene rings is 1. The monoisotopic (exact) mass is 372 g/mol. The van der Waals surface area contributed by atoms with Crippen LogP contribution >= 0.6 is 0 Å². The minimum Gasteiger partial charge on any atom is -0.370 e. The topological polar surface area (TPSA) is 41.6 Å². The van der Waals surface area contributed by atoms with Gasteiger partial charge in [-0.3, -0.25) is 9.69 Å². The van der Waals surface area contributed by atoms with E-state index in [0.717, 1.165) is 44.6 Å². The van der Waals surface area contributed by atoms with E-state index in [2.05, 4.69) is 10.2 Å². The molecule has 1 saturated carbocycles. The standard InChI is InChI=1S/C22H29FN2O2/c1-14-8-16(4-5-19(14)23)11-25-12-18-17(10-24-21(26)9-15-2-3-15)20-6-7-22(18,13-25)27-20/h4-5,8,15,17-18,20H,2-3,6-7,9-13H2,1H3,(H,24,26)/t17-,18+,20+,22+/m0/s1. The maximum Gasteiger partial charge on any atom is 0.220 e. The molecule has 1 aromatic carbocycles. The number of aryl methyl sites for hydroxylation is 1. The molecule has 0 radical (unpaired) electrons. The third kappa shape index (κ3) is 3.29. The van der Waals surface area contributed by atoms with Crippen LogP contribution in [0.5, 0.6) is 0 Å². The Morgan fingerprint density at radius 3 is 3.00 bits per heavy atom. The molecule has 3 saturated heterocycles. The number of likely N-dealkylation sites (tertiary alicyclic amines) is 1. The number of fused-ring (bicyclic) bond motifs is 1. The van der Waals surface area contributed by atoms with Gasteiger partial charge in [0.05, 0.1) is 11.7 Å². The lowest BCUT2D eigenvalue weighted by atomic mass is 9.73. The minimum absolute atomic E-state index is 0.0222. The summed E-state index contributed by atoms with van der Waals surface area (Å²) in [6, 6.07) is 5.41. The van der Waals surface area contributed by atoms with Crippen LogP contribution in [0.2, 0.25) is 0 Å². The molecule has 4 nitrogen and oxygen atoms in total. The van der Waals surface area contributed by atoms with Crippen LogP contribution in [-0.4, -0.2) is 42.1 Å². The molecule has 3 aliphatic heterocycles. The molecule has 4 atom stereocenters. The smallest absolute Gasteiger partial charge is 0.220 e. The van der Waals surface area contributed by atoms with Crippen molar-refractivity contribution in [1.82, 2.24) is 10.2 Å². The van der Waals surface area contributed by atoms with E-state index < -0.39 is 0 Å². The molecule has 4 fully saturated rings. The van der Waals surface area contributed by atoms with Crippen LogP contribution in [0.4, 0.5) is 4.39 Å². The van der Waals surface area contributed by atoms with E-state index in [1.807, 2.05) is 19.1 Å². The number of halogens is 1. The van der Waals surface area contributed by atoms with Gasteiger partial charge in [-0.05, 0) is 55.7 Å². The number of carbonyl (C=O) groups is 1. The maximum absolute atomic E-state index is 13.5. The molecular weight excluding hydrogens is 343 g/mol. The van der Waals surface area contributed by atoms with Crippen LogP contribution in [0.3, 0.4) is 0 Å². The summed E-state index contributed by atoms with van der Waals surface area (Å²) >= 11 is 0. The lowest BCUT2D eigenvalue weighted by Crippen LogP contribution is -2.41. The summed E-state index contributed by atoms with van der Waals surface area (Å²) < 4.78 is 20.0. The summed E-state index contributed by atoms with van der Waals surface area (Å²) in [4.78, 5) is 14.6. The van der Waals surface area contributed by atoms with Crippen molar-refractivity contribution < 1.29 is 13.9 Å². The van der Waals surface area contributed by atoms with Crippen molar-refractivity contribution in [3.8, 4) is 0 Å². The van der Waals surface area contributed by atoms with E-state index in [4.69, 9.17) is 4.74 Å². The van der Waals surface area contributed by atoms with Crippen LogP contribution in [-0.2, 0) is 16.1 Å². The Hall–Kier alpha value is -1.46. The van der Waals surface area contributed by atoms with E-state index in [1.54, 1.807) is 6.07 Å². The molecule has 5 rings (SSSR count). The number of nitrogens with zero attached hydrogens (tertiary/aromatic N) is 1. The number of ether oxygens (including phenoxy) is 1. The quantitative estimate of drug-likeness (QED) is 0.835. The molecular formula is C22H29FN2O2. The molecule has 2 bridgehead atoms. The van der Waals surface area contributed by atoms with Gasteiger partial charge in [0.2, 0.25) is 5.91 Å². The van der Waals surface area contributed by atoms with Crippen LogP contribution < -0.4 is 5.32 Å². The van der Waals surface area contributed by atoms with Gasteiger partial charge in [0.1, 0.15) is 5.82 Å². The van der Waals surface area contributed by atoms with Gasteiger partial charge in [-0.2, -0.15) is 0 Å². The molecule has 3 heterocycles. The van der Waals surface area contributed by atoms with Crippen LogP contribution in [0, 0.1) is 30.5 Å². The fourth-order valence-corrected chi connectivity index (χ4v) is 5.63. The van der Waals surface area contributed by atoms with E-state index in [0.29, 0.717) is 35.8 Å². The molecule has 1 spiro atoms. The molecule has 1 aromatic rings. The van der Waals surface area contributed by atoms with Crippen LogP contribution in [0.15, 0.2) is 18.2 Å². The molecule has 0 unspecified atom stereocenters. The molecule has 1 aliphatic carbocycles. The molecule has 5 heteroatoms. The maximum atomic E-state index is 13.5. The zero-order valence-electron chi connectivity index (χ0n) is 16.0. The largest absolute Gasteiger partial charge is 0.370 e. The molecule has 0 aromatic heterocycles. The van der Waals surface area contributed by atoms with E-state index in [-0.39, 0.29) is 17.3 Å². The molecule has 27 heavy (non-hydrogen) atoms. The summed E-state index contributed by atoms with van der Waals surface area (Å²) in [5.74, 6) is 1.64. The summed E-state index contributed by atoms with van der Waals surface area (Å²) in [5, 5.41) is 3.19. The summed E-state index contributed by atoms with van der Waals surface area (Å²) in [6.07, 6.45) is 5.69. The van der Waals surface area contributed by atoms with Crippen molar-refractivity contribution in [2.45, 2.75) is 57.3 Å². The fraction of sp³-hybridized carbons (Fsp3) is 0.682. The second-order valence-corrected chi connectivity index (χ2v) is 9.23. The van der Waals surface area contributed by atoms with Gasteiger partial charge in [-0.1, -0.05) is 12.1 Å². The first kappa shape index (κ1) is 17.6. The van der Waals surface area contributed by atoms with Gasteiger partial charge in [0, 0.05) is 44.4 Å². The Morgan fingerprint density at radius 2 is 2.22 bits per heavy atom. The second kappa shape index (κ2) is 6.56. The SMILES string of the molecule is Cc1cc(CN2C[C@@H]3[C@H](CNC(=O)CC4CC4)[C@H]4CC[C@]3(C2)O4)ccc1F. The first-order valence-electron chi connectivity index (χ1n) is 10.4. The van der Waals surface area contributed by atoms with Crippen LogP contribution in [0.25, 0.3) is 0 Å². The van der Waals surface area contributed by atoms with Crippen molar-refractivity contribution in [2.24, 2.45) is 17.8 Å². The van der Waals surface area contributed by atoms with E-state index in [1.165, 1.54) is 12.8 Å². The third-order valence-corrected chi connectivity index (χ3v) is 7.19. The van der Waals surface area contributed by atoms with Crippen LogP contribution in [0.1, 0.15) is 43.2 Å². The predicted molar refractivity (Wildman–Crippen MR) is 101 cm³/mol. The fourth-order valence-electron chi connectivity index (χ4n) is 5.63. The molecule has 1 amide bonds. The first-order valence-corrected chi connectivity index (χ1v) is 10.4. The zero-order valence-corrected chi connectivity index (χ0v) is 16.0. The van der Waals surface area contributed by atoms with Crippen molar-refractivity contribution in [3.63, 3.8) is 0 Å². The Labute approximate surface area is 160 Å². The summed E-state index contributed by atoms with van der Waals surface area (Å²) in [5.41, 5.74) is 1.85. The zero-order chi connectivity index (χ0) is 18.6. The number of rotatable bonds is 6. The molecule has 146 valence electrons. The Balaban J connectivity index is 1.22. The highest BCUT2D eigenvalue weighted by molar-refractivity contribution is 5.76. The third-order valence-electron chi connectivity index (χ3n) is 7.19. The minimum atomic E-state index is -0.139. The Morgan fingerprint density at radius 1 is 1.37 bits per heavy atom. The van der Waals surface area contributed by atoms with Gasteiger partial charge < -0.3 is 10.1 Å².